The molecule has 2 atom stereocenters. The Kier molecular flexibility index (Phi) is 6.76. The van der Waals surface area contributed by atoms with E-state index in [-0.39, 0.29) is 26.6 Å². The van der Waals surface area contributed by atoms with Crippen molar-refractivity contribution in [2.24, 2.45) is 5.16 Å². The number of hydrogen-bond donors (Lipinski definition) is 4. The number of carboxylic acid groups (broad SMARTS) is 1. The van der Waals surface area contributed by atoms with Crippen LogP contribution in [0.15, 0.2) is 50.6 Å². The van der Waals surface area contributed by atoms with Gasteiger partial charge in [-0.2, -0.15) is 0 Å². The topological polar surface area (TPSA) is 184 Å². The molecule has 0 aliphatic carbocycles. The first-order valence-corrected chi connectivity index (χ1v) is 13.5. The van der Waals surface area contributed by atoms with Gasteiger partial charge in [0.25, 0.3) is 11.8 Å². The molecule has 37 heavy (non-hydrogen) atoms. The lowest BCUT2D eigenvalue weighted by Crippen LogP contribution is -2.71. The third-order valence-corrected chi connectivity index (χ3v) is 8.66. The van der Waals surface area contributed by atoms with Crippen LogP contribution < -0.4 is 11.1 Å². The number of nitrogens with two attached hydrogens (primary N) is 1. The molecule has 3 aromatic rings. The molecule has 12 nitrogen and oxygen atoms in total. The lowest BCUT2D eigenvalue weighted by molar-refractivity contribution is -0.150. The minimum absolute atomic E-state index is 0.0378. The number of β-lactam (4-membered cyclic amide) rings is 1. The molecule has 0 saturated carbocycles. The molecule has 0 radical (unpaired) electrons. The van der Waals surface area contributed by atoms with E-state index in [1.165, 1.54) is 23.1 Å². The number of aliphatic carboxylic acids is 1. The van der Waals surface area contributed by atoms with Crippen LogP contribution in [0.1, 0.15) is 11.5 Å². The first-order valence-electron chi connectivity index (χ1n) is 10.3. The predicted molar refractivity (Wildman–Crippen MR) is 138 cm³/mol. The van der Waals surface area contributed by atoms with Crippen LogP contribution in [-0.2, 0) is 14.4 Å². The zero-order valence-electron chi connectivity index (χ0n) is 18.3. The second-order valence-electron chi connectivity index (χ2n) is 7.59. The highest BCUT2D eigenvalue weighted by molar-refractivity contribution is 8.00. The highest BCUT2D eigenvalue weighted by Crippen LogP contribution is 2.41. The molecule has 1 fully saturated rings. The third kappa shape index (κ3) is 4.61. The molecule has 3 aromatic heterocycles. The summed E-state index contributed by atoms with van der Waals surface area (Å²) in [6, 6.07) is 4.47. The molecular weight excluding hydrogens is 564 g/mol. The largest absolute Gasteiger partial charge is 0.477 e. The molecule has 5 heterocycles. The summed E-state index contributed by atoms with van der Waals surface area (Å²) in [5.74, 6) is -2.16. The number of aromatic nitrogens is 2. The van der Waals surface area contributed by atoms with E-state index in [0.717, 1.165) is 21.1 Å². The fraction of sp³-hybridized carbons (Fsp3) is 0.143. The van der Waals surface area contributed by atoms with Crippen molar-refractivity contribution in [3.8, 4) is 10.6 Å². The number of nitrogen functional groups attached to an aromatic ring is 1. The number of amides is 2. The lowest BCUT2D eigenvalue weighted by atomic mass is 10.0. The number of carbonyl (C=O) groups is 3. The Labute approximate surface area is 225 Å². The van der Waals surface area contributed by atoms with Crippen LogP contribution in [0.2, 0.25) is 4.34 Å². The number of thiophene rings is 1. The highest BCUT2D eigenvalue weighted by Gasteiger charge is 2.54. The van der Waals surface area contributed by atoms with E-state index in [4.69, 9.17) is 21.9 Å². The standard InChI is InChI=1S/C21H15ClN6O6S3/c22-16-12(25-21(23)37-16)13(26-33)17(29)24-14-18(30)28-15(20(31)32)8(7-36-19(14)28)3-4-9-6-10(27-34-9)11-2-1-5-35-11/h1-6,14,19,33H,7H2,(H2,23,25)(H,24,29)(H,31,32)/b4-3+,26-13-/t14-,19-/m1/s1. The van der Waals surface area contributed by atoms with Crippen LogP contribution in [0.4, 0.5) is 5.13 Å². The number of carboxylic acids is 1. The molecule has 0 aromatic carbocycles. The van der Waals surface area contributed by atoms with E-state index in [9.17, 15) is 24.7 Å². The zero-order chi connectivity index (χ0) is 26.3. The predicted octanol–water partition coefficient (Wildman–Crippen LogP) is 2.73. The Balaban J connectivity index is 1.33. The molecule has 1 saturated heterocycles. The molecule has 0 spiro atoms. The monoisotopic (exact) mass is 578 g/mol. The third-order valence-electron chi connectivity index (χ3n) is 5.38. The summed E-state index contributed by atoms with van der Waals surface area (Å²) in [5, 5.41) is 29.9. The minimum atomic E-state index is -1.29. The molecule has 2 aliphatic rings. The first kappa shape index (κ1) is 25.0. The Morgan fingerprint density at radius 2 is 2.19 bits per heavy atom. The van der Waals surface area contributed by atoms with Gasteiger partial charge >= 0.3 is 5.97 Å². The maximum absolute atomic E-state index is 12.9. The molecule has 0 unspecified atom stereocenters. The van der Waals surface area contributed by atoms with Crippen LogP contribution in [0, 0.1) is 0 Å². The summed E-state index contributed by atoms with van der Waals surface area (Å²) in [7, 11) is 0. The summed E-state index contributed by atoms with van der Waals surface area (Å²) in [4.78, 5) is 43.6. The van der Waals surface area contributed by atoms with E-state index >= 15 is 0 Å². The molecule has 0 bridgehead atoms. The molecule has 2 aliphatic heterocycles. The fourth-order valence-electron chi connectivity index (χ4n) is 3.74. The highest BCUT2D eigenvalue weighted by atomic mass is 35.5. The first-order chi connectivity index (χ1) is 17.8. The Hall–Kier alpha value is -3.66. The van der Waals surface area contributed by atoms with Gasteiger partial charge < -0.3 is 25.9 Å². The van der Waals surface area contributed by atoms with Gasteiger partial charge in [0, 0.05) is 11.8 Å². The molecule has 190 valence electrons. The number of nitrogens with zero attached hydrogens (tertiary/aromatic N) is 4. The van der Waals surface area contributed by atoms with Crippen LogP contribution in [-0.4, -0.2) is 66.0 Å². The number of halogens is 1. The number of thiazole rings is 1. The summed E-state index contributed by atoms with van der Waals surface area (Å²) in [6.45, 7) is 0. The summed E-state index contributed by atoms with van der Waals surface area (Å²) in [5.41, 5.74) is 5.79. The van der Waals surface area contributed by atoms with Crippen molar-refractivity contribution in [3.63, 3.8) is 0 Å². The fourth-order valence-corrected chi connectivity index (χ4v) is 6.66. The van der Waals surface area contributed by atoms with Crippen LogP contribution in [0.5, 0.6) is 0 Å². The number of oxime groups is 1. The number of rotatable bonds is 7. The van der Waals surface area contributed by atoms with Gasteiger partial charge in [-0.25, -0.2) is 9.78 Å². The number of allylic oxidation sites excluding steroid dienone is 1. The van der Waals surface area contributed by atoms with Gasteiger partial charge in [-0.05, 0) is 23.1 Å². The summed E-state index contributed by atoms with van der Waals surface area (Å²) in [6.07, 6.45) is 3.15. The molecule has 16 heteroatoms. The smallest absolute Gasteiger partial charge is 0.352 e. The second kappa shape index (κ2) is 10.0. The Morgan fingerprint density at radius 3 is 2.84 bits per heavy atom. The van der Waals surface area contributed by atoms with Gasteiger partial charge in [0.05, 0.1) is 4.88 Å². The van der Waals surface area contributed by atoms with Crippen LogP contribution >= 0.6 is 46.0 Å². The molecule has 5 N–H and O–H groups in total. The number of fused-ring (bicyclic) bond motifs is 1. The van der Waals surface area contributed by atoms with Crippen LogP contribution in [0.3, 0.4) is 0 Å². The van der Waals surface area contributed by atoms with E-state index in [2.05, 4.69) is 20.6 Å². The van der Waals surface area contributed by atoms with Crippen molar-refractivity contribution in [3.05, 3.63) is 56.7 Å². The SMILES string of the molecule is Nc1nc(/C(=N/O)C(=O)N[C@@H]2C(=O)N3C(C(=O)O)=C(/C=C/c4cc(-c5cccs5)no4)CS[C@H]23)c(Cl)s1. The van der Waals surface area contributed by atoms with Crippen LogP contribution in [0.25, 0.3) is 16.6 Å². The van der Waals surface area contributed by atoms with E-state index in [1.54, 1.807) is 18.2 Å². The average molecular weight is 579 g/mol. The maximum atomic E-state index is 12.9. The number of hydrogen-bond acceptors (Lipinski definition) is 12. The second-order valence-corrected chi connectivity index (χ2v) is 11.3. The normalized spacial score (nSPS) is 19.8. The van der Waals surface area contributed by atoms with Gasteiger partial charge in [0.2, 0.25) is 0 Å². The number of carbonyl (C=O) groups excluding carboxylic acids is 2. The van der Waals surface area contributed by atoms with Crippen molar-refractivity contribution in [1.82, 2.24) is 20.4 Å². The van der Waals surface area contributed by atoms with Gasteiger partial charge in [-0.1, -0.05) is 45.4 Å². The average Bonchev–Trinajstić information content (AvgIpc) is 3.62. The molecular formula is C21H15ClN6O6S3. The molecule has 2 amide bonds. The Bertz CT molecular complexity index is 1490. The van der Waals surface area contributed by atoms with Crippen molar-refractivity contribution in [1.29, 1.82) is 0 Å². The minimum Gasteiger partial charge on any atom is -0.477 e. The quantitative estimate of drug-likeness (QED) is 0.141. The number of thioether (sulfide) groups is 1. The van der Waals surface area contributed by atoms with Crippen molar-refractivity contribution >= 4 is 80.7 Å². The van der Waals surface area contributed by atoms with Gasteiger partial charge in [-0.15, -0.1) is 23.1 Å². The van der Waals surface area contributed by atoms with E-state index in [1.807, 2.05) is 17.5 Å². The van der Waals surface area contributed by atoms with Gasteiger partial charge in [0.15, 0.2) is 16.6 Å². The molecule has 5 rings (SSSR count). The van der Waals surface area contributed by atoms with Crippen molar-refractivity contribution < 1.29 is 29.2 Å². The zero-order valence-corrected chi connectivity index (χ0v) is 21.5. The van der Waals surface area contributed by atoms with E-state index in [0.29, 0.717) is 17.0 Å². The number of anilines is 1. The lowest BCUT2D eigenvalue weighted by Gasteiger charge is -2.49. The Morgan fingerprint density at radius 1 is 1.38 bits per heavy atom. The maximum Gasteiger partial charge on any atom is 0.352 e. The summed E-state index contributed by atoms with van der Waals surface area (Å²) >= 11 is 9.66. The van der Waals surface area contributed by atoms with E-state index < -0.39 is 34.9 Å². The van der Waals surface area contributed by atoms with Gasteiger partial charge in [0.1, 0.15) is 32.8 Å². The van der Waals surface area contributed by atoms with Crippen molar-refractivity contribution in [2.45, 2.75) is 11.4 Å². The summed E-state index contributed by atoms with van der Waals surface area (Å²) < 4.78 is 5.35. The number of nitrogens with one attached hydrogen (secondary N) is 1. The van der Waals surface area contributed by atoms with Gasteiger partial charge in [-0.3, -0.25) is 14.5 Å². The van der Waals surface area contributed by atoms with Crippen molar-refractivity contribution in [2.75, 3.05) is 11.5 Å².